The van der Waals surface area contributed by atoms with Crippen LogP contribution in [0.15, 0.2) is 55.0 Å². The highest BCUT2D eigenvalue weighted by Crippen LogP contribution is 2.21. The molecule has 3 rings (SSSR count). The van der Waals surface area contributed by atoms with E-state index in [0.717, 1.165) is 11.3 Å². The normalized spacial score (nSPS) is 10.5. The first-order valence-corrected chi connectivity index (χ1v) is 6.81. The van der Waals surface area contributed by atoms with Gasteiger partial charge in [0.2, 0.25) is 0 Å². The summed E-state index contributed by atoms with van der Waals surface area (Å²) in [5.41, 5.74) is 1.76. The van der Waals surface area contributed by atoms with Crippen molar-refractivity contribution in [2.45, 2.75) is 6.54 Å². The molecule has 0 bridgehead atoms. The summed E-state index contributed by atoms with van der Waals surface area (Å²) < 4.78 is 6.92. The van der Waals surface area contributed by atoms with Crippen LogP contribution in [0, 0.1) is 0 Å². The van der Waals surface area contributed by atoms with Crippen molar-refractivity contribution < 1.29 is 14.9 Å². The van der Waals surface area contributed by atoms with Gasteiger partial charge >= 0.3 is 0 Å². The lowest BCUT2D eigenvalue weighted by atomic mass is 10.2. The summed E-state index contributed by atoms with van der Waals surface area (Å²) in [5.74, 6) is 0.635. The molecule has 0 aliphatic heterocycles. The van der Waals surface area contributed by atoms with Crippen LogP contribution in [0.3, 0.4) is 0 Å². The maximum atomic E-state index is 9.52. The lowest BCUT2D eigenvalue weighted by Gasteiger charge is -2.09. The number of pyridine rings is 2. The van der Waals surface area contributed by atoms with Gasteiger partial charge in [-0.3, -0.25) is 14.5 Å². The molecule has 0 aliphatic carbocycles. The number of aromatic hydroxyl groups is 2. The third-order valence-electron chi connectivity index (χ3n) is 3.21. The molecule has 0 saturated carbocycles. The minimum atomic E-state index is 0.00569. The van der Waals surface area contributed by atoms with Crippen LogP contribution in [0.2, 0.25) is 0 Å². The van der Waals surface area contributed by atoms with Gasteiger partial charge in [-0.05, 0) is 24.3 Å². The molecule has 0 unspecified atom stereocenters. The standard InChI is InChI=1S/C16H15N3O3/c20-15-5-6-16(21)19(15)8-9-22-13-3-4-14(18-11-13)12-2-1-7-17-10-12/h1-7,10-11,20-21H,8-9H2. The van der Waals surface area contributed by atoms with Gasteiger partial charge in [0.1, 0.15) is 12.4 Å². The number of aromatic nitrogens is 3. The fourth-order valence-corrected chi connectivity index (χ4v) is 2.08. The predicted molar refractivity (Wildman–Crippen MR) is 80.7 cm³/mol. The second-order valence-corrected chi connectivity index (χ2v) is 4.67. The lowest BCUT2D eigenvalue weighted by Crippen LogP contribution is -2.07. The zero-order valence-electron chi connectivity index (χ0n) is 11.8. The first-order chi connectivity index (χ1) is 10.7. The van der Waals surface area contributed by atoms with E-state index in [4.69, 9.17) is 4.74 Å². The Bertz CT molecular complexity index is 720. The minimum Gasteiger partial charge on any atom is -0.494 e. The van der Waals surface area contributed by atoms with Crippen LogP contribution in [-0.2, 0) is 6.54 Å². The summed E-state index contributed by atoms with van der Waals surface area (Å²) in [4.78, 5) is 8.39. The molecule has 3 aromatic rings. The molecule has 22 heavy (non-hydrogen) atoms. The van der Waals surface area contributed by atoms with E-state index in [1.807, 2.05) is 24.3 Å². The van der Waals surface area contributed by atoms with Gasteiger partial charge in [0, 0.05) is 30.1 Å². The molecular formula is C16H15N3O3. The van der Waals surface area contributed by atoms with E-state index in [1.165, 1.54) is 16.7 Å². The Morgan fingerprint density at radius 2 is 1.82 bits per heavy atom. The molecule has 0 radical (unpaired) electrons. The Labute approximate surface area is 127 Å². The van der Waals surface area contributed by atoms with E-state index in [9.17, 15) is 10.2 Å². The zero-order valence-corrected chi connectivity index (χ0v) is 11.8. The Balaban J connectivity index is 1.60. The van der Waals surface area contributed by atoms with E-state index < -0.39 is 0 Å². The summed E-state index contributed by atoms with van der Waals surface area (Å²) in [6.45, 7) is 0.652. The molecule has 0 amide bonds. The third kappa shape index (κ3) is 3.01. The average Bonchev–Trinajstić information content (AvgIpc) is 2.88. The van der Waals surface area contributed by atoms with Crippen LogP contribution in [0.25, 0.3) is 11.3 Å². The molecule has 2 N–H and O–H groups in total. The summed E-state index contributed by atoms with van der Waals surface area (Å²) in [7, 11) is 0. The summed E-state index contributed by atoms with van der Waals surface area (Å²) >= 11 is 0. The Morgan fingerprint density at radius 3 is 2.45 bits per heavy atom. The highest BCUT2D eigenvalue weighted by Gasteiger charge is 2.05. The van der Waals surface area contributed by atoms with Gasteiger partial charge in [-0.25, -0.2) is 0 Å². The van der Waals surface area contributed by atoms with Crippen LogP contribution in [0.4, 0.5) is 0 Å². The molecule has 0 spiro atoms. The fraction of sp³-hybridized carbons (Fsp3) is 0.125. The first kappa shape index (κ1) is 13.9. The predicted octanol–water partition coefficient (Wildman–Crippen LogP) is 2.44. The third-order valence-corrected chi connectivity index (χ3v) is 3.21. The SMILES string of the molecule is Oc1ccc(O)n1CCOc1ccc(-c2cccnc2)nc1. The minimum absolute atomic E-state index is 0.00569. The fourth-order valence-electron chi connectivity index (χ4n) is 2.08. The van der Waals surface area contributed by atoms with E-state index in [0.29, 0.717) is 18.9 Å². The Hall–Kier alpha value is -3.02. The molecule has 3 heterocycles. The van der Waals surface area contributed by atoms with E-state index >= 15 is 0 Å². The van der Waals surface area contributed by atoms with Crippen LogP contribution in [-0.4, -0.2) is 31.4 Å². The summed E-state index contributed by atoms with van der Waals surface area (Å²) in [5, 5.41) is 19.0. The van der Waals surface area contributed by atoms with E-state index in [2.05, 4.69) is 9.97 Å². The number of hydrogen-bond donors (Lipinski definition) is 2. The first-order valence-electron chi connectivity index (χ1n) is 6.81. The maximum Gasteiger partial charge on any atom is 0.193 e. The Morgan fingerprint density at radius 1 is 1.00 bits per heavy atom. The molecule has 0 fully saturated rings. The van der Waals surface area contributed by atoms with Crippen LogP contribution < -0.4 is 4.74 Å². The van der Waals surface area contributed by atoms with Crippen molar-refractivity contribution in [3.63, 3.8) is 0 Å². The molecule has 3 aromatic heterocycles. The Kier molecular flexibility index (Phi) is 3.91. The second-order valence-electron chi connectivity index (χ2n) is 4.67. The number of rotatable bonds is 5. The highest BCUT2D eigenvalue weighted by atomic mass is 16.5. The van der Waals surface area contributed by atoms with Crippen LogP contribution in [0.1, 0.15) is 0 Å². The molecular weight excluding hydrogens is 282 g/mol. The molecule has 0 atom stereocenters. The smallest absolute Gasteiger partial charge is 0.193 e. The molecule has 0 aliphatic rings. The average molecular weight is 297 g/mol. The van der Waals surface area contributed by atoms with Crippen molar-refractivity contribution in [3.05, 3.63) is 55.0 Å². The molecule has 6 heteroatoms. The van der Waals surface area contributed by atoms with E-state index in [-0.39, 0.29) is 11.8 Å². The van der Waals surface area contributed by atoms with Crippen molar-refractivity contribution in [1.82, 2.24) is 14.5 Å². The van der Waals surface area contributed by atoms with Gasteiger partial charge < -0.3 is 14.9 Å². The van der Waals surface area contributed by atoms with Gasteiger partial charge in [-0.15, -0.1) is 0 Å². The molecule has 6 nitrogen and oxygen atoms in total. The van der Waals surface area contributed by atoms with Crippen molar-refractivity contribution in [2.24, 2.45) is 0 Å². The highest BCUT2D eigenvalue weighted by molar-refractivity contribution is 5.57. The van der Waals surface area contributed by atoms with Gasteiger partial charge in [0.05, 0.1) is 18.4 Å². The molecule has 0 saturated heterocycles. The van der Waals surface area contributed by atoms with Crippen molar-refractivity contribution in [1.29, 1.82) is 0 Å². The van der Waals surface area contributed by atoms with Crippen LogP contribution in [0.5, 0.6) is 17.5 Å². The monoisotopic (exact) mass is 297 g/mol. The van der Waals surface area contributed by atoms with Crippen molar-refractivity contribution in [3.8, 4) is 28.8 Å². The largest absolute Gasteiger partial charge is 0.494 e. The van der Waals surface area contributed by atoms with Gasteiger partial charge in [0.25, 0.3) is 0 Å². The number of hydrogen-bond acceptors (Lipinski definition) is 5. The van der Waals surface area contributed by atoms with Gasteiger partial charge in [0.15, 0.2) is 11.8 Å². The van der Waals surface area contributed by atoms with Crippen molar-refractivity contribution >= 4 is 0 Å². The van der Waals surface area contributed by atoms with E-state index in [1.54, 1.807) is 18.6 Å². The second kappa shape index (κ2) is 6.17. The number of ether oxygens (including phenoxy) is 1. The lowest BCUT2D eigenvalue weighted by molar-refractivity contribution is 0.274. The molecule has 112 valence electrons. The maximum absolute atomic E-state index is 9.52. The van der Waals surface area contributed by atoms with Crippen molar-refractivity contribution in [2.75, 3.05) is 6.61 Å². The summed E-state index contributed by atoms with van der Waals surface area (Å²) in [6.07, 6.45) is 5.10. The van der Waals surface area contributed by atoms with Gasteiger partial charge in [-0.2, -0.15) is 0 Å². The zero-order chi connectivity index (χ0) is 15.4. The quantitative estimate of drug-likeness (QED) is 0.756. The topological polar surface area (TPSA) is 80.4 Å². The summed E-state index contributed by atoms with van der Waals surface area (Å²) in [6, 6.07) is 10.3. The van der Waals surface area contributed by atoms with Gasteiger partial charge in [-0.1, -0.05) is 0 Å². The number of nitrogens with zero attached hydrogens (tertiary/aromatic N) is 3. The van der Waals surface area contributed by atoms with Crippen LogP contribution >= 0.6 is 0 Å². The molecule has 0 aromatic carbocycles.